The monoisotopic (exact) mass is 595 g/mol. The standard InChI is InChI=1S/C23H33N3O.2C2HF3O2/c1-2-18(12-17-6-4-3-5-7-17)20-13-21(20)25-19-14-23(15-19)8-10-26(11-9-23)16-22(24)27;2*3-2(4,5)1(6)7/h3-7,12,19-21,25H,2,8-11,13-16H2,1H3,(H2,24,27);2*(H,6,7)/b18-12+;;/t20-,21+;;/m0../s1. The molecule has 1 heterocycles. The number of rotatable bonds is 7. The Labute approximate surface area is 233 Å². The summed E-state index contributed by atoms with van der Waals surface area (Å²) in [5.74, 6) is -4.99. The Kier molecular flexibility index (Phi) is 11.8. The number of alkyl halides is 6. The van der Waals surface area contributed by atoms with Crippen molar-refractivity contribution in [3.8, 4) is 0 Å². The molecule has 1 saturated heterocycles. The van der Waals surface area contributed by atoms with Crippen molar-refractivity contribution < 1.29 is 50.9 Å². The molecule has 1 aliphatic heterocycles. The van der Waals surface area contributed by atoms with Gasteiger partial charge in [-0.05, 0) is 68.5 Å². The van der Waals surface area contributed by atoms with E-state index in [0.717, 1.165) is 25.4 Å². The van der Waals surface area contributed by atoms with Gasteiger partial charge >= 0.3 is 24.3 Å². The summed E-state index contributed by atoms with van der Waals surface area (Å²) in [4.78, 5) is 31.1. The van der Waals surface area contributed by atoms with Crippen LogP contribution in [0.1, 0.15) is 51.0 Å². The number of nitrogens with one attached hydrogen (secondary N) is 1. The van der Waals surface area contributed by atoms with E-state index in [1.807, 2.05) is 0 Å². The minimum atomic E-state index is -5.08. The van der Waals surface area contributed by atoms with Crippen LogP contribution < -0.4 is 11.1 Å². The highest BCUT2D eigenvalue weighted by atomic mass is 19.4. The second-order valence-corrected chi connectivity index (χ2v) is 10.6. The summed E-state index contributed by atoms with van der Waals surface area (Å²) >= 11 is 0. The Morgan fingerprint density at radius 3 is 1.90 bits per heavy atom. The SMILES string of the molecule is CC/C(=C\c1ccccc1)[C@@H]1C[C@H]1NC1CC2(CCN(CC(N)=O)CC2)C1.O=C(O)C(F)(F)F.O=C(O)C(F)(F)F. The minimum absolute atomic E-state index is 0.200. The normalized spacial score (nSPS) is 22.4. The molecule has 2 saturated carbocycles. The lowest BCUT2D eigenvalue weighted by atomic mass is 9.60. The van der Waals surface area contributed by atoms with Gasteiger partial charge in [0.15, 0.2) is 0 Å². The van der Waals surface area contributed by atoms with Gasteiger partial charge < -0.3 is 21.3 Å². The number of carbonyl (C=O) groups excluding carboxylic acids is 1. The zero-order valence-corrected chi connectivity index (χ0v) is 22.5. The molecule has 2 aliphatic carbocycles. The van der Waals surface area contributed by atoms with Gasteiger partial charge in [-0.3, -0.25) is 9.69 Å². The Bertz CT molecular complexity index is 1040. The first-order valence-electron chi connectivity index (χ1n) is 13.1. The first-order chi connectivity index (χ1) is 19.0. The van der Waals surface area contributed by atoms with Crippen molar-refractivity contribution in [1.29, 1.82) is 0 Å². The van der Waals surface area contributed by atoms with Gasteiger partial charge in [-0.2, -0.15) is 26.3 Å². The number of nitrogens with zero attached hydrogens (tertiary/aromatic N) is 1. The molecule has 0 aromatic heterocycles. The fourth-order valence-corrected chi connectivity index (χ4v) is 5.24. The zero-order chi connectivity index (χ0) is 31.0. The molecule has 8 nitrogen and oxygen atoms in total. The third-order valence-electron chi connectivity index (χ3n) is 7.42. The molecule has 5 N–H and O–H groups in total. The van der Waals surface area contributed by atoms with E-state index in [4.69, 9.17) is 25.5 Å². The number of likely N-dealkylation sites (tertiary alicyclic amines) is 1. The van der Waals surface area contributed by atoms with Gasteiger partial charge in [0.25, 0.3) is 0 Å². The maximum absolute atomic E-state index is 11.1. The molecule has 0 unspecified atom stereocenters. The summed E-state index contributed by atoms with van der Waals surface area (Å²) in [6, 6.07) is 12.1. The quantitative estimate of drug-likeness (QED) is 0.342. The van der Waals surface area contributed by atoms with Crippen molar-refractivity contribution >= 4 is 23.9 Å². The molecule has 2 atom stereocenters. The number of halogens is 6. The third kappa shape index (κ3) is 11.3. The highest BCUT2D eigenvalue weighted by Crippen LogP contribution is 2.51. The van der Waals surface area contributed by atoms with E-state index in [2.05, 4.69) is 53.5 Å². The predicted octanol–water partition coefficient (Wildman–Crippen LogP) is 4.45. The van der Waals surface area contributed by atoms with E-state index in [1.165, 1.54) is 37.7 Å². The van der Waals surface area contributed by atoms with Gasteiger partial charge in [0, 0.05) is 12.1 Å². The minimum Gasteiger partial charge on any atom is -0.475 e. The first kappa shape index (κ1) is 34.1. The molecular formula is C27H35F6N3O5. The van der Waals surface area contributed by atoms with E-state index in [9.17, 15) is 31.1 Å². The summed E-state index contributed by atoms with van der Waals surface area (Å²) < 4.78 is 63.5. The van der Waals surface area contributed by atoms with Crippen molar-refractivity contribution in [3.05, 3.63) is 41.5 Å². The summed E-state index contributed by atoms with van der Waals surface area (Å²) in [5.41, 5.74) is 8.77. The zero-order valence-electron chi connectivity index (χ0n) is 22.5. The molecular weight excluding hydrogens is 560 g/mol. The van der Waals surface area contributed by atoms with Crippen molar-refractivity contribution in [1.82, 2.24) is 10.2 Å². The van der Waals surface area contributed by atoms with Crippen molar-refractivity contribution in [2.75, 3.05) is 19.6 Å². The van der Waals surface area contributed by atoms with Crippen LogP contribution in [0.15, 0.2) is 35.9 Å². The maximum Gasteiger partial charge on any atom is 0.490 e. The molecule has 1 aromatic rings. The van der Waals surface area contributed by atoms with Gasteiger partial charge in [-0.1, -0.05) is 48.9 Å². The van der Waals surface area contributed by atoms with Gasteiger partial charge in [0.2, 0.25) is 5.91 Å². The number of carboxylic acid groups (broad SMARTS) is 2. The topological polar surface area (TPSA) is 133 Å². The Hall–Kier alpha value is -3.13. The lowest BCUT2D eigenvalue weighted by Crippen LogP contribution is -2.55. The van der Waals surface area contributed by atoms with Crippen LogP contribution in [0.25, 0.3) is 6.08 Å². The molecule has 41 heavy (non-hydrogen) atoms. The molecule has 230 valence electrons. The largest absolute Gasteiger partial charge is 0.490 e. The van der Waals surface area contributed by atoms with Gasteiger partial charge in [-0.25, -0.2) is 9.59 Å². The van der Waals surface area contributed by atoms with Crippen LogP contribution in [0, 0.1) is 11.3 Å². The van der Waals surface area contributed by atoms with Gasteiger partial charge in [-0.15, -0.1) is 0 Å². The number of hydrogen-bond donors (Lipinski definition) is 4. The molecule has 0 bridgehead atoms. The van der Waals surface area contributed by atoms with Crippen LogP contribution in [-0.2, 0) is 14.4 Å². The van der Waals surface area contributed by atoms with Crippen molar-refractivity contribution in [2.45, 2.75) is 69.9 Å². The second-order valence-electron chi connectivity index (χ2n) is 10.6. The fourth-order valence-electron chi connectivity index (χ4n) is 5.24. The molecule has 3 fully saturated rings. The lowest BCUT2D eigenvalue weighted by molar-refractivity contribution is -0.193. The molecule has 1 amide bonds. The van der Waals surface area contributed by atoms with E-state index in [1.54, 1.807) is 5.57 Å². The van der Waals surface area contributed by atoms with Crippen LogP contribution in [0.3, 0.4) is 0 Å². The maximum atomic E-state index is 11.1. The van der Waals surface area contributed by atoms with Gasteiger partial charge in [0.1, 0.15) is 0 Å². The van der Waals surface area contributed by atoms with Crippen LogP contribution in [-0.4, -0.2) is 77.0 Å². The Morgan fingerprint density at radius 1 is 1.00 bits per heavy atom. The van der Waals surface area contributed by atoms with Crippen molar-refractivity contribution in [2.24, 2.45) is 17.1 Å². The van der Waals surface area contributed by atoms with E-state index in [0.29, 0.717) is 24.0 Å². The third-order valence-corrected chi connectivity index (χ3v) is 7.42. The van der Waals surface area contributed by atoms with Crippen LogP contribution >= 0.6 is 0 Å². The van der Waals surface area contributed by atoms with Crippen molar-refractivity contribution in [3.63, 3.8) is 0 Å². The Morgan fingerprint density at radius 2 is 1.49 bits per heavy atom. The highest BCUT2D eigenvalue weighted by molar-refractivity contribution is 5.76. The molecule has 1 spiro atoms. The molecule has 1 aromatic carbocycles. The molecule has 0 radical (unpaired) electrons. The summed E-state index contributed by atoms with van der Waals surface area (Å²) in [6.45, 7) is 4.76. The average molecular weight is 596 g/mol. The van der Waals surface area contributed by atoms with E-state index < -0.39 is 24.3 Å². The number of carboxylic acids is 2. The number of amides is 1. The van der Waals surface area contributed by atoms with Crippen LogP contribution in [0.5, 0.6) is 0 Å². The predicted molar refractivity (Wildman–Crippen MR) is 137 cm³/mol. The molecule has 14 heteroatoms. The summed E-state index contributed by atoms with van der Waals surface area (Å²) in [7, 11) is 0. The number of primary amides is 1. The number of piperidine rings is 1. The number of aliphatic carboxylic acids is 2. The molecule has 4 rings (SSSR count). The number of nitrogens with two attached hydrogens (primary N) is 1. The van der Waals surface area contributed by atoms with E-state index in [-0.39, 0.29) is 5.91 Å². The summed E-state index contributed by atoms with van der Waals surface area (Å²) in [5, 5.41) is 18.2. The fraction of sp³-hybridized carbons (Fsp3) is 0.593. The number of carbonyl (C=O) groups is 3. The average Bonchev–Trinajstić information content (AvgIpc) is 3.61. The number of benzene rings is 1. The first-order valence-corrected chi connectivity index (χ1v) is 13.1. The van der Waals surface area contributed by atoms with Crippen LogP contribution in [0.4, 0.5) is 26.3 Å². The smallest absolute Gasteiger partial charge is 0.475 e. The lowest BCUT2D eigenvalue weighted by Gasteiger charge is -2.52. The van der Waals surface area contributed by atoms with Gasteiger partial charge in [0.05, 0.1) is 6.54 Å². The second kappa shape index (κ2) is 14.2. The molecule has 3 aliphatic rings. The number of hydrogen-bond acceptors (Lipinski definition) is 5. The van der Waals surface area contributed by atoms with Crippen LogP contribution in [0.2, 0.25) is 0 Å². The Balaban J connectivity index is 0.000000349. The van der Waals surface area contributed by atoms with E-state index >= 15 is 0 Å². The highest BCUT2D eigenvalue weighted by Gasteiger charge is 2.49. The summed E-state index contributed by atoms with van der Waals surface area (Å²) in [6.07, 6.45) is -0.274.